The van der Waals surface area contributed by atoms with Crippen LogP contribution in [0.1, 0.15) is 48.2 Å². The number of amides is 3. The van der Waals surface area contributed by atoms with Crippen molar-refractivity contribution in [2.45, 2.75) is 45.8 Å². The van der Waals surface area contributed by atoms with Crippen molar-refractivity contribution < 1.29 is 14.4 Å². The fourth-order valence-electron chi connectivity index (χ4n) is 3.13. The minimum absolute atomic E-state index is 0.0367. The largest absolute Gasteiger partial charge is 0.347 e. The summed E-state index contributed by atoms with van der Waals surface area (Å²) in [6.07, 6.45) is 0.587. The molecule has 0 saturated carbocycles. The number of carbonyl (C=O) groups is 3. The Labute approximate surface area is 182 Å². The van der Waals surface area contributed by atoms with Crippen molar-refractivity contribution in [1.29, 1.82) is 0 Å². The van der Waals surface area contributed by atoms with Crippen molar-refractivity contribution in [2.24, 2.45) is 5.10 Å². The van der Waals surface area contributed by atoms with Gasteiger partial charge in [0.05, 0.1) is 6.54 Å². The lowest BCUT2D eigenvalue weighted by molar-refractivity contribution is -0.132. The van der Waals surface area contributed by atoms with E-state index in [1.165, 1.54) is 5.01 Å². The predicted molar refractivity (Wildman–Crippen MR) is 119 cm³/mol. The highest BCUT2D eigenvalue weighted by atomic mass is 16.2. The smallest absolute Gasteiger partial charge is 0.267 e. The molecule has 3 rings (SSSR count). The number of hydrazone groups is 1. The lowest BCUT2D eigenvalue weighted by Gasteiger charge is -2.23. The summed E-state index contributed by atoms with van der Waals surface area (Å²) >= 11 is 0. The molecule has 1 N–H and O–H groups in total. The van der Waals surface area contributed by atoms with Gasteiger partial charge >= 0.3 is 0 Å². The molecule has 0 unspecified atom stereocenters. The Morgan fingerprint density at radius 2 is 1.71 bits per heavy atom. The first-order valence-electron chi connectivity index (χ1n) is 10.4. The Hall–Kier alpha value is -3.48. The summed E-state index contributed by atoms with van der Waals surface area (Å²) in [6.45, 7) is 4.59. The highest BCUT2D eigenvalue weighted by Crippen LogP contribution is 2.14. The summed E-state index contributed by atoms with van der Waals surface area (Å²) < 4.78 is 0. The number of nitrogens with zero attached hydrogens (tertiary/aromatic N) is 3. The fourth-order valence-corrected chi connectivity index (χ4v) is 3.13. The number of rotatable bonds is 7. The van der Waals surface area contributed by atoms with Crippen LogP contribution >= 0.6 is 0 Å². The molecule has 0 spiro atoms. The second-order valence-corrected chi connectivity index (χ2v) is 7.87. The topological polar surface area (TPSA) is 82.1 Å². The quantitative estimate of drug-likeness (QED) is 0.748. The summed E-state index contributed by atoms with van der Waals surface area (Å²) in [4.78, 5) is 38.8. The molecule has 1 aliphatic heterocycles. The fraction of sp³-hybridized carbons (Fsp3) is 0.333. The van der Waals surface area contributed by atoms with Crippen LogP contribution in [-0.2, 0) is 22.7 Å². The Morgan fingerprint density at radius 1 is 1.03 bits per heavy atom. The molecule has 31 heavy (non-hydrogen) atoms. The van der Waals surface area contributed by atoms with Crippen molar-refractivity contribution in [3.63, 3.8) is 0 Å². The predicted octanol–water partition coefficient (Wildman–Crippen LogP) is 2.96. The molecule has 0 fully saturated rings. The molecule has 2 aromatic carbocycles. The molecule has 7 heteroatoms. The van der Waals surface area contributed by atoms with Crippen LogP contribution in [0, 0.1) is 0 Å². The molecule has 2 aromatic rings. The van der Waals surface area contributed by atoms with Crippen LogP contribution in [0.3, 0.4) is 0 Å². The molecular weight excluding hydrogens is 392 g/mol. The Kier molecular flexibility index (Phi) is 7.18. The number of carbonyl (C=O) groups excluding carboxylic acids is 3. The van der Waals surface area contributed by atoms with Gasteiger partial charge in [-0.3, -0.25) is 14.4 Å². The molecule has 7 nitrogen and oxygen atoms in total. The molecule has 0 aromatic heterocycles. The normalized spacial score (nSPS) is 13.7. The van der Waals surface area contributed by atoms with E-state index in [-0.39, 0.29) is 30.2 Å². The maximum absolute atomic E-state index is 12.6. The first-order chi connectivity index (χ1) is 14.8. The van der Waals surface area contributed by atoms with E-state index < -0.39 is 0 Å². The van der Waals surface area contributed by atoms with Crippen LogP contribution in [0.5, 0.6) is 0 Å². The van der Waals surface area contributed by atoms with E-state index in [0.717, 1.165) is 11.1 Å². The molecule has 0 radical (unpaired) electrons. The van der Waals surface area contributed by atoms with E-state index in [9.17, 15) is 14.4 Å². The van der Waals surface area contributed by atoms with E-state index in [1.54, 1.807) is 24.1 Å². The first kappa shape index (κ1) is 22.2. The van der Waals surface area contributed by atoms with Crippen LogP contribution < -0.4 is 5.32 Å². The monoisotopic (exact) mass is 420 g/mol. The molecule has 3 amide bonds. The van der Waals surface area contributed by atoms with Crippen molar-refractivity contribution in [2.75, 3.05) is 7.05 Å². The van der Waals surface area contributed by atoms with Crippen LogP contribution in [0.2, 0.25) is 0 Å². The third-order valence-electron chi connectivity index (χ3n) is 5.29. The van der Waals surface area contributed by atoms with Crippen molar-refractivity contribution in [1.82, 2.24) is 15.2 Å². The van der Waals surface area contributed by atoms with Gasteiger partial charge in [-0.2, -0.15) is 5.10 Å². The van der Waals surface area contributed by atoms with E-state index in [4.69, 9.17) is 0 Å². The minimum Gasteiger partial charge on any atom is -0.347 e. The van der Waals surface area contributed by atoms with E-state index in [2.05, 4.69) is 10.4 Å². The molecule has 0 saturated heterocycles. The van der Waals surface area contributed by atoms with E-state index >= 15 is 0 Å². The zero-order valence-electron chi connectivity index (χ0n) is 18.2. The lowest BCUT2D eigenvalue weighted by atomic mass is 10.1. The van der Waals surface area contributed by atoms with Gasteiger partial charge in [0.1, 0.15) is 5.71 Å². The third-order valence-corrected chi connectivity index (χ3v) is 5.29. The average Bonchev–Trinajstić information content (AvgIpc) is 2.79. The van der Waals surface area contributed by atoms with Gasteiger partial charge in [0.2, 0.25) is 5.91 Å². The number of hydrogen-bond acceptors (Lipinski definition) is 4. The van der Waals surface area contributed by atoms with Gasteiger partial charge in [-0.1, -0.05) is 42.5 Å². The second kappa shape index (κ2) is 10.0. The minimum atomic E-state index is -0.287. The van der Waals surface area contributed by atoms with Crippen LogP contribution in [-0.4, -0.2) is 46.4 Å². The van der Waals surface area contributed by atoms with Crippen LogP contribution in [0.25, 0.3) is 0 Å². The van der Waals surface area contributed by atoms with Crippen LogP contribution in [0.15, 0.2) is 59.7 Å². The third kappa shape index (κ3) is 5.78. The Bertz CT molecular complexity index is 968. The molecular formula is C24H28N4O3. The Balaban J connectivity index is 1.59. The van der Waals surface area contributed by atoms with Gasteiger partial charge in [-0.05, 0) is 37.1 Å². The van der Waals surface area contributed by atoms with Crippen LogP contribution in [0.4, 0.5) is 0 Å². The highest BCUT2D eigenvalue weighted by molar-refractivity contribution is 6.39. The van der Waals surface area contributed by atoms with Gasteiger partial charge in [0, 0.05) is 38.0 Å². The van der Waals surface area contributed by atoms with Crippen molar-refractivity contribution in [3.05, 3.63) is 71.3 Å². The number of hydrogen-bond donors (Lipinski definition) is 1. The average molecular weight is 421 g/mol. The van der Waals surface area contributed by atoms with Gasteiger partial charge < -0.3 is 10.2 Å². The maximum atomic E-state index is 12.6. The van der Waals surface area contributed by atoms with E-state index in [0.29, 0.717) is 30.8 Å². The van der Waals surface area contributed by atoms with E-state index in [1.807, 2.05) is 56.3 Å². The van der Waals surface area contributed by atoms with Gasteiger partial charge in [-0.25, -0.2) is 5.01 Å². The molecule has 0 bridgehead atoms. The standard InChI is InChI=1S/C24H28N4O3/c1-17(2)27(3)24(31)20-11-9-18(10-12-20)15-25-23(30)21-13-14-22(29)28(26-21)16-19-7-5-4-6-8-19/h4-12,17H,13-16H2,1-3H3,(H,25,30). The first-order valence-corrected chi connectivity index (χ1v) is 10.4. The van der Waals surface area contributed by atoms with Gasteiger partial charge in [-0.15, -0.1) is 0 Å². The summed E-state index contributed by atoms with van der Waals surface area (Å²) in [6, 6.07) is 16.9. The SMILES string of the molecule is CC(C)N(C)C(=O)c1ccc(CNC(=O)C2=NN(Cc3ccccc3)C(=O)CC2)cc1. The lowest BCUT2D eigenvalue weighted by Crippen LogP contribution is -2.38. The molecule has 0 aliphatic carbocycles. The number of nitrogens with one attached hydrogen (secondary N) is 1. The number of benzene rings is 2. The molecule has 0 atom stereocenters. The summed E-state index contributed by atoms with van der Waals surface area (Å²) in [7, 11) is 1.78. The zero-order valence-corrected chi connectivity index (χ0v) is 18.2. The molecule has 162 valence electrons. The summed E-state index contributed by atoms with van der Waals surface area (Å²) in [5, 5.41) is 8.50. The zero-order chi connectivity index (χ0) is 22.4. The summed E-state index contributed by atoms with van der Waals surface area (Å²) in [5.41, 5.74) is 2.80. The highest BCUT2D eigenvalue weighted by Gasteiger charge is 2.24. The van der Waals surface area contributed by atoms with Crippen molar-refractivity contribution >= 4 is 23.4 Å². The van der Waals surface area contributed by atoms with Gasteiger partial charge in [0.15, 0.2) is 0 Å². The van der Waals surface area contributed by atoms with Gasteiger partial charge in [0.25, 0.3) is 11.8 Å². The maximum Gasteiger partial charge on any atom is 0.267 e. The summed E-state index contributed by atoms with van der Waals surface area (Å²) in [5.74, 6) is -0.414. The Morgan fingerprint density at radius 3 is 2.35 bits per heavy atom. The molecule has 1 aliphatic rings. The van der Waals surface area contributed by atoms with Crippen molar-refractivity contribution in [3.8, 4) is 0 Å². The second-order valence-electron chi connectivity index (χ2n) is 7.87. The molecule has 1 heterocycles.